The molecule has 2 fully saturated rings. The first-order chi connectivity index (χ1) is 16.3. The predicted octanol–water partition coefficient (Wildman–Crippen LogP) is 1.32. The molecule has 0 spiro atoms. The Bertz CT molecular complexity index is 927. The topological polar surface area (TPSA) is 130 Å². The van der Waals surface area contributed by atoms with Crippen LogP contribution in [0.4, 0.5) is 0 Å². The first-order valence-corrected chi connectivity index (χ1v) is 13.7. The number of aliphatic carboxylic acids is 1. The molecule has 9 nitrogen and oxygen atoms in total. The molecular weight excluding hydrogens is 480 g/mol. The molecule has 1 aromatic rings. The Balaban J connectivity index is 1.75. The minimum atomic E-state index is -1.39. The lowest BCUT2D eigenvalue weighted by molar-refractivity contribution is -0.154. The van der Waals surface area contributed by atoms with E-state index in [1.54, 1.807) is 0 Å². The van der Waals surface area contributed by atoms with Gasteiger partial charge in [-0.25, -0.2) is 4.79 Å². The van der Waals surface area contributed by atoms with Gasteiger partial charge in [-0.3, -0.25) is 18.6 Å². The van der Waals surface area contributed by atoms with Crippen LogP contribution in [-0.2, 0) is 41.1 Å². The van der Waals surface area contributed by atoms with Gasteiger partial charge in [0.15, 0.2) is 0 Å². The molecule has 2 heterocycles. The summed E-state index contributed by atoms with van der Waals surface area (Å²) in [6.07, 6.45) is 2.11. The first-order valence-electron chi connectivity index (χ1n) is 11.3. The Kier molecular flexibility index (Phi) is 9.52. The van der Waals surface area contributed by atoms with E-state index in [9.17, 15) is 28.5 Å². The van der Waals surface area contributed by atoms with E-state index in [2.05, 4.69) is 10.1 Å². The molecule has 1 unspecified atom stereocenters. The minimum absolute atomic E-state index is 0.150. The Morgan fingerprint density at radius 2 is 1.97 bits per heavy atom. The molecule has 2 N–H and O–H groups in total. The largest absolute Gasteiger partial charge is 0.480 e. The van der Waals surface area contributed by atoms with Gasteiger partial charge in [0.05, 0.1) is 18.8 Å². The molecule has 186 valence electrons. The summed E-state index contributed by atoms with van der Waals surface area (Å²) in [7, 11) is -0.0805. The number of rotatable bonds is 9. The highest BCUT2D eigenvalue weighted by molar-refractivity contribution is 8.00. The van der Waals surface area contributed by atoms with Crippen molar-refractivity contribution < 1.29 is 33.2 Å². The van der Waals surface area contributed by atoms with Crippen molar-refractivity contribution in [3.05, 3.63) is 35.9 Å². The van der Waals surface area contributed by atoms with E-state index in [0.717, 1.165) is 5.56 Å². The van der Waals surface area contributed by atoms with Crippen LogP contribution in [0, 0.1) is 0 Å². The van der Waals surface area contributed by atoms with Crippen LogP contribution < -0.4 is 5.32 Å². The average molecular weight is 511 g/mol. The molecule has 11 heteroatoms. The summed E-state index contributed by atoms with van der Waals surface area (Å²) in [5.74, 6) is -1.77. The number of hydrogen-bond acceptors (Lipinski definition) is 7. The zero-order valence-corrected chi connectivity index (χ0v) is 20.6. The van der Waals surface area contributed by atoms with Crippen molar-refractivity contribution in [3.8, 4) is 0 Å². The number of carboxylic acids is 1. The molecule has 5 atom stereocenters. The SMILES string of the molecule is COC(=O)CCS[C@@H](Cc1ccccc1)C(=O)N[C@H]1CCS(=O)[C@H]2CCC[C@@H](C(=O)O)N2C1=O. The smallest absolute Gasteiger partial charge is 0.326 e. The van der Waals surface area contributed by atoms with Crippen molar-refractivity contribution in [1.29, 1.82) is 0 Å². The van der Waals surface area contributed by atoms with E-state index in [-0.39, 0.29) is 30.5 Å². The molecule has 2 amide bonds. The van der Waals surface area contributed by atoms with Gasteiger partial charge in [-0.05, 0) is 37.7 Å². The second kappa shape index (κ2) is 12.3. The number of carboxylic acid groups (broad SMARTS) is 1. The molecule has 3 rings (SSSR count). The number of carbonyl (C=O) groups excluding carboxylic acids is 3. The number of nitrogens with one attached hydrogen (secondary N) is 1. The summed E-state index contributed by atoms with van der Waals surface area (Å²) in [5.41, 5.74) is 0.934. The maximum atomic E-state index is 13.3. The molecular formula is C23H30N2O7S2. The fourth-order valence-corrected chi connectivity index (χ4v) is 7.05. The quantitative estimate of drug-likeness (QED) is 0.476. The van der Waals surface area contributed by atoms with E-state index in [0.29, 0.717) is 31.4 Å². The molecule has 0 bridgehead atoms. The summed E-state index contributed by atoms with van der Waals surface area (Å²) in [4.78, 5) is 51.1. The van der Waals surface area contributed by atoms with Gasteiger partial charge in [-0.15, -0.1) is 11.8 Å². The third-order valence-electron chi connectivity index (χ3n) is 6.05. The second-order valence-electron chi connectivity index (χ2n) is 8.30. The average Bonchev–Trinajstić information content (AvgIpc) is 2.95. The lowest BCUT2D eigenvalue weighted by Crippen LogP contribution is -2.59. The van der Waals surface area contributed by atoms with E-state index >= 15 is 0 Å². The third kappa shape index (κ3) is 6.59. The maximum Gasteiger partial charge on any atom is 0.326 e. The van der Waals surface area contributed by atoms with Crippen molar-refractivity contribution in [2.75, 3.05) is 18.6 Å². The number of piperidine rings is 1. The van der Waals surface area contributed by atoms with Gasteiger partial charge < -0.3 is 20.1 Å². The molecule has 34 heavy (non-hydrogen) atoms. The van der Waals surface area contributed by atoms with Crippen LogP contribution in [-0.4, -0.2) is 79.3 Å². The van der Waals surface area contributed by atoms with Gasteiger partial charge in [-0.1, -0.05) is 30.3 Å². The summed E-state index contributed by atoms with van der Waals surface area (Å²) >= 11 is 1.30. The predicted molar refractivity (Wildman–Crippen MR) is 128 cm³/mol. The van der Waals surface area contributed by atoms with Crippen molar-refractivity contribution in [3.63, 3.8) is 0 Å². The lowest BCUT2D eigenvalue weighted by Gasteiger charge is -2.39. The molecule has 2 saturated heterocycles. The number of thioether (sulfide) groups is 1. The fourth-order valence-electron chi connectivity index (χ4n) is 4.27. The number of carbonyl (C=O) groups is 4. The van der Waals surface area contributed by atoms with Crippen LogP contribution in [0.15, 0.2) is 30.3 Å². The van der Waals surface area contributed by atoms with Crippen LogP contribution in [0.5, 0.6) is 0 Å². The monoisotopic (exact) mass is 510 g/mol. The van der Waals surface area contributed by atoms with Gasteiger partial charge >= 0.3 is 11.9 Å². The van der Waals surface area contributed by atoms with E-state index in [4.69, 9.17) is 0 Å². The summed E-state index contributed by atoms with van der Waals surface area (Å²) < 4.78 is 17.4. The standard InChI is InChI=1S/C23H30N2O7S2/c1-32-20(26)10-12-33-18(14-15-6-3-2-4-7-15)21(27)24-16-11-13-34(31)19-9-5-8-17(23(29)30)25(19)22(16)28/h2-4,6-7,16-19H,5,8-14H2,1H3,(H,24,27)(H,29,30)/t16-,17-,18-,19-,34?/m0/s1. The molecule has 0 aliphatic carbocycles. The van der Waals surface area contributed by atoms with E-state index in [1.165, 1.54) is 23.8 Å². The van der Waals surface area contributed by atoms with Crippen LogP contribution >= 0.6 is 11.8 Å². The number of methoxy groups -OCH3 is 1. The van der Waals surface area contributed by atoms with Gasteiger partial charge in [0.1, 0.15) is 17.5 Å². The Labute approximate surface area is 205 Å². The third-order valence-corrected chi connectivity index (χ3v) is 8.98. The fraction of sp³-hybridized carbons (Fsp3) is 0.565. The maximum absolute atomic E-state index is 13.3. The Hall–Kier alpha value is -2.40. The van der Waals surface area contributed by atoms with Gasteiger partial charge in [0.2, 0.25) is 11.8 Å². The minimum Gasteiger partial charge on any atom is -0.480 e. The highest BCUT2D eigenvalue weighted by Crippen LogP contribution is 2.30. The Morgan fingerprint density at radius 1 is 1.24 bits per heavy atom. The van der Waals surface area contributed by atoms with Crippen LogP contribution in [0.3, 0.4) is 0 Å². The van der Waals surface area contributed by atoms with E-state index < -0.39 is 45.4 Å². The normalized spacial score (nSPS) is 25.6. The number of hydrogen-bond donors (Lipinski definition) is 2. The first kappa shape index (κ1) is 26.2. The van der Waals surface area contributed by atoms with Gasteiger partial charge in [-0.2, -0.15) is 0 Å². The summed E-state index contributed by atoms with van der Waals surface area (Å²) in [5, 5.41) is 11.2. The highest BCUT2D eigenvalue weighted by Gasteiger charge is 2.45. The second-order valence-corrected chi connectivity index (χ2v) is 11.3. The zero-order chi connectivity index (χ0) is 24.7. The van der Waals surface area contributed by atoms with Crippen LogP contribution in [0.25, 0.3) is 0 Å². The van der Waals surface area contributed by atoms with Crippen LogP contribution in [0.2, 0.25) is 0 Å². The molecule has 2 aliphatic rings. The van der Waals surface area contributed by atoms with Crippen molar-refractivity contribution in [2.45, 2.75) is 61.2 Å². The van der Waals surface area contributed by atoms with Crippen molar-refractivity contribution in [1.82, 2.24) is 10.2 Å². The number of fused-ring (bicyclic) bond motifs is 1. The molecule has 0 radical (unpaired) electrons. The number of esters is 1. The molecule has 2 aliphatic heterocycles. The van der Waals surface area contributed by atoms with E-state index in [1.807, 2.05) is 30.3 Å². The molecule has 1 aromatic carbocycles. The van der Waals surface area contributed by atoms with Crippen molar-refractivity contribution >= 4 is 46.3 Å². The summed E-state index contributed by atoms with van der Waals surface area (Å²) in [6, 6.07) is 7.43. The summed E-state index contributed by atoms with van der Waals surface area (Å²) in [6.45, 7) is 0. The number of benzene rings is 1. The Morgan fingerprint density at radius 3 is 2.65 bits per heavy atom. The number of nitrogens with zero attached hydrogens (tertiary/aromatic N) is 1. The number of ether oxygens (including phenoxy) is 1. The highest BCUT2D eigenvalue weighted by atomic mass is 32.2. The van der Waals surface area contributed by atoms with Crippen molar-refractivity contribution in [2.24, 2.45) is 0 Å². The zero-order valence-electron chi connectivity index (χ0n) is 19.0. The lowest BCUT2D eigenvalue weighted by atomic mass is 10.00. The molecule has 0 aromatic heterocycles. The van der Waals surface area contributed by atoms with Gasteiger partial charge in [0.25, 0.3) is 0 Å². The molecule has 0 saturated carbocycles. The van der Waals surface area contributed by atoms with Crippen LogP contribution in [0.1, 0.15) is 37.7 Å². The number of amides is 2. The van der Waals surface area contributed by atoms with Gasteiger partial charge in [0, 0.05) is 22.3 Å².